The van der Waals surface area contributed by atoms with Gasteiger partial charge in [0, 0.05) is 6.54 Å². The first-order valence-corrected chi connectivity index (χ1v) is 6.15. The molecule has 1 aliphatic rings. The second-order valence-electron chi connectivity index (χ2n) is 5.03. The summed E-state index contributed by atoms with van der Waals surface area (Å²) in [6.45, 7) is 3.54. The van der Waals surface area contributed by atoms with Gasteiger partial charge in [-0.05, 0) is 32.3 Å². The smallest absolute Gasteiger partial charge is 0.282 e. The number of piperidine rings is 1. The minimum atomic E-state index is -1.26. The van der Waals surface area contributed by atoms with Gasteiger partial charge >= 0.3 is 0 Å². The molecular formula is C12H17FN4O2. The Bertz CT molecular complexity index is 496. The monoisotopic (exact) mass is 268 g/mol. The maximum absolute atomic E-state index is 13.7. The van der Waals surface area contributed by atoms with Crippen LogP contribution >= 0.6 is 0 Å². The number of carbonyl (C=O) groups excluding carboxylic acids is 1. The predicted octanol–water partition coefficient (Wildman–Crippen LogP) is 0.878. The molecule has 104 valence electrons. The normalized spacial score (nSPS) is 23.3. The molecular weight excluding hydrogens is 251 g/mol. The largest absolute Gasteiger partial charge is 0.382 e. The Morgan fingerprint density at radius 2 is 2.32 bits per heavy atom. The maximum atomic E-state index is 13.7. The average molecular weight is 268 g/mol. The Kier molecular flexibility index (Phi) is 3.66. The molecule has 1 aromatic rings. The lowest BCUT2D eigenvalue weighted by Gasteiger charge is -2.37. The lowest BCUT2D eigenvalue weighted by Crippen LogP contribution is -2.49. The lowest BCUT2D eigenvalue weighted by molar-refractivity contribution is -0.136. The van der Waals surface area contributed by atoms with Gasteiger partial charge in [-0.3, -0.25) is 4.79 Å². The fourth-order valence-electron chi connectivity index (χ4n) is 2.20. The highest BCUT2D eigenvalue weighted by molar-refractivity contribution is 5.92. The van der Waals surface area contributed by atoms with Crippen LogP contribution in [0.3, 0.4) is 0 Å². The Morgan fingerprint density at radius 1 is 1.58 bits per heavy atom. The van der Waals surface area contributed by atoms with Crippen molar-refractivity contribution in [2.24, 2.45) is 0 Å². The molecule has 7 heteroatoms. The van der Waals surface area contributed by atoms with Gasteiger partial charge in [-0.15, -0.1) is 0 Å². The summed E-state index contributed by atoms with van der Waals surface area (Å²) < 4.78 is 13.7. The number of β-amino-alcohol motifs (C(OH)–C–C–N with tert-alkyl or cyclic N) is 1. The second kappa shape index (κ2) is 5.08. The van der Waals surface area contributed by atoms with E-state index in [-0.39, 0.29) is 6.54 Å². The zero-order valence-corrected chi connectivity index (χ0v) is 11.0. The molecule has 0 saturated carbocycles. The van der Waals surface area contributed by atoms with Gasteiger partial charge in [0.1, 0.15) is 11.3 Å². The molecule has 0 radical (unpaired) electrons. The SMILES string of the molecule is CC(C)=C(F)C(=O)N1CCCC(O)(c2cn[nH]n2)C1. The summed E-state index contributed by atoms with van der Waals surface area (Å²) in [5, 5.41) is 20.5. The van der Waals surface area contributed by atoms with Crippen LogP contribution < -0.4 is 0 Å². The van der Waals surface area contributed by atoms with Gasteiger partial charge in [0.05, 0.1) is 12.7 Å². The van der Waals surface area contributed by atoms with Crippen LogP contribution in [-0.2, 0) is 10.4 Å². The summed E-state index contributed by atoms with van der Waals surface area (Å²) in [5.41, 5.74) is -0.550. The molecule has 0 aliphatic carbocycles. The first-order valence-electron chi connectivity index (χ1n) is 6.15. The summed E-state index contributed by atoms with van der Waals surface area (Å²) in [7, 11) is 0. The highest BCUT2D eigenvalue weighted by Gasteiger charge is 2.39. The summed E-state index contributed by atoms with van der Waals surface area (Å²) in [5.74, 6) is -1.44. The summed E-state index contributed by atoms with van der Waals surface area (Å²) in [4.78, 5) is 13.3. The van der Waals surface area contributed by atoms with Crippen LogP contribution in [0.15, 0.2) is 17.6 Å². The van der Waals surface area contributed by atoms with E-state index in [0.717, 1.165) is 0 Å². The molecule has 1 aliphatic heterocycles. The van der Waals surface area contributed by atoms with Crippen LogP contribution in [0.1, 0.15) is 32.4 Å². The molecule has 0 aromatic carbocycles. The van der Waals surface area contributed by atoms with Crippen LogP contribution in [0, 0.1) is 0 Å². The van der Waals surface area contributed by atoms with Gasteiger partial charge in [0.15, 0.2) is 5.83 Å². The first-order chi connectivity index (χ1) is 8.94. The molecule has 1 atom stereocenters. The highest BCUT2D eigenvalue weighted by atomic mass is 19.1. The van der Waals surface area contributed by atoms with Gasteiger partial charge in [0.25, 0.3) is 5.91 Å². The van der Waals surface area contributed by atoms with E-state index in [4.69, 9.17) is 0 Å². The van der Waals surface area contributed by atoms with Crippen molar-refractivity contribution in [3.05, 3.63) is 23.3 Å². The van der Waals surface area contributed by atoms with Crippen LogP contribution in [0.5, 0.6) is 0 Å². The third-order valence-corrected chi connectivity index (χ3v) is 3.28. The number of nitrogens with zero attached hydrogens (tertiary/aromatic N) is 3. The molecule has 2 rings (SSSR count). The van der Waals surface area contributed by atoms with Gasteiger partial charge < -0.3 is 10.0 Å². The van der Waals surface area contributed by atoms with Crippen molar-refractivity contribution >= 4 is 5.91 Å². The van der Waals surface area contributed by atoms with Crippen LogP contribution in [0.25, 0.3) is 0 Å². The topological polar surface area (TPSA) is 82.1 Å². The number of hydrogen-bond donors (Lipinski definition) is 2. The summed E-state index contributed by atoms with van der Waals surface area (Å²) >= 11 is 0. The van der Waals surface area contributed by atoms with Crippen LogP contribution in [0.2, 0.25) is 0 Å². The number of rotatable bonds is 2. The molecule has 2 N–H and O–H groups in total. The fourth-order valence-corrected chi connectivity index (χ4v) is 2.20. The number of nitrogens with one attached hydrogen (secondary N) is 1. The van der Waals surface area contributed by atoms with E-state index in [9.17, 15) is 14.3 Å². The summed E-state index contributed by atoms with van der Waals surface area (Å²) in [6, 6.07) is 0. The van der Waals surface area contributed by atoms with E-state index in [2.05, 4.69) is 15.4 Å². The zero-order chi connectivity index (χ0) is 14.0. The number of aromatic amines is 1. The van der Waals surface area contributed by atoms with Crippen molar-refractivity contribution in [1.82, 2.24) is 20.3 Å². The maximum Gasteiger partial charge on any atom is 0.282 e. The Hall–Kier alpha value is -1.76. The molecule has 1 saturated heterocycles. The van der Waals surface area contributed by atoms with Crippen LogP contribution in [-0.4, -0.2) is 44.4 Å². The number of allylic oxidation sites excluding steroid dienone is 1. The van der Waals surface area contributed by atoms with E-state index in [1.807, 2.05) is 0 Å². The third-order valence-electron chi connectivity index (χ3n) is 3.28. The number of hydrogen-bond acceptors (Lipinski definition) is 4. The van der Waals surface area contributed by atoms with Gasteiger partial charge in [-0.2, -0.15) is 15.4 Å². The van der Waals surface area contributed by atoms with E-state index in [1.54, 1.807) is 13.8 Å². The Balaban J connectivity index is 2.18. The molecule has 1 fully saturated rings. The van der Waals surface area contributed by atoms with Crippen molar-refractivity contribution < 1.29 is 14.3 Å². The number of halogens is 1. The Labute approximate surface area is 110 Å². The minimum absolute atomic E-state index is 0.0269. The number of carbonyl (C=O) groups is 1. The van der Waals surface area contributed by atoms with Gasteiger partial charge in [-0.25, -0.2) is 4.39 Å². The first kappa shape index (κ1) is 13.7. The number of likely N-dealkylation sites (tertiary alicyclic amines) is 1. The summed E-state index contributed by atoms with van der Waals surface area (Å²) in [6.07, 6.45) is 2.48. The number of aliphatic hydroxyl groups is 1. The van der Waals surface area contributed by atoms with E-state index in [0.29, 0.717) is 30.7 Å². The molecule has 1 unspecified atom stereocenters. The Morgan fingerprint density at radius 3 is 2.89 bits per heavy atom. The van der Waals surface area contributed by atoms with E-state index < -0.39 is 17.3 Å². The molecule has 1 aromatic heterocycles. The lowest BCUT2D eigenvalue weighted by atomic mass is 9.90. The molecule has 0 spiro atoms. The standard InChI is InChI=1S/C12H17FN4O2/c1-8(2)10(13)11(18)17-5-3-4-12(19,7-17)9-6-14-16-15-9/h6,19H,3-5,7H2,1-2H3,(H,14,15,16). The van der Waals surface area contributed by atoms with Crippen LogP contribution in [0.4, 0.5) is 4.39 Å². The highest BCUT2D eigenvalue weighted by Crippen LogP contribution is 2.30. The van der Waals surface area contributed by atoms with Gasteiger partial charge in [0.2, 0.25) is 0 Å². The molecule has 2 heterocycles. The molecule has 1 amide bonds. The number of H-pyrrole nitrogens is 1. The molecule has 6 nitrogen and oxygen atoms in total. The van der Waals surface area contributed by atoms with Crippen molar-refractivity contribution in [2.45, 2.75) is 32.3 Å². The van der Waals surface area contributed by atoms with Crippen molar-refractivity contribution in [2.75, 3.05) is 13.1 Å². The van der Waals surface area contributed by atoms with E-state index in [1.165, 1.54) is 11.1 Å². The van der Waals surface area contributed by atoms with Crippen molar-refractivity contribution in [3.63, 3.8) is 0 Å². The van der Waals surface area contributed by atoms with Crippen molar-refractivity contribution in [1.29, 1.82) is 0 Å². The quantitative estimate of drug-likeness (QED) is 0.780. The third kappa shape index (κ3) is 2.65. The molecule has 19 heavy (non-hydrogen) atoms. The predicted molar refractivity (Wildman–Crippen MR) is 65.6 cm³/mol. The van der Waals surface area contributed by atoms with Gasteiger partial charge in [-0.1, -0.05) is 0 Å². The van der Waals surface area contributed by atoms with E-state index >= 15 is 0 Å². The number of aromatic nitrogens is 3. The molecule has 0 bridgehead atoms. The number of amides is 1. The van der Waals surface area contributed by atoms with Crippen molar-refractivity contribution in [3.8, 4) is 0 Å². The second-order valence-corrected chi connectivity index (χ2v) is 5.03. The fraction of sp³-hybridized carbons (Fsp3) is 0.583. The minimum Gasteiger partial charge on any atom is -0.382 e. The average Bonchev–Trinajstić information content (AvgIpc) is 2.91. The zero-order valence-electron chi connectivity index (χ0n) is 11.0.